The number of ether oxygens (including phenoxy) is 1. The van der Waals surface area contributed by atoms with E-state index in [0.717, 1.165) is 29.1 Å². The Hall–Kier alpha value is -2.60. The van der Waals surface area contributed by atoms with Crippen molar-refractivity contribution >= 4 is 34.6 Å². The molecule has 0 aromatic heterocycles. The minimum Gasteiger partial charge on any atom is -0.497 e. The SMILES string of the molecule is CCc1ccccc1NC(=O)CNC(=S)Nc1ccc(OC)cc1. The zero-order valence-electron chi connectivity index (χ0n) is 13.8. The molecule has 0 saturated heterocycles. The van der Waals surface area contributed by atoms with Crippen LogP contribution in [-0.2, 0) is 11.2 Å². The molecule has 6 heteroatoms. The zero-order chi connectivity index (χ0) is 17.4. The molecule has 0 fully saturated rings. The van der Waals surface area contributed by atoms with E-state index in [2.05, 4.69) is 22.9 Å². The van der Waals surface area contributed by atoms with Crippen molar-refractivity contribution < 1.29 is 9.53 Å². The van der Waals surface area contributed by atoms with Crippen LogP contribution in [0.4, 0.5) is 11.4 Å². The third kappa shape index (κ3) is 5.24. The van der Waals surface area contributed by atoms with Crippen molar-refractivity contribution in [3.8, 4) is 5.75 Å². The maximum Gasteiger partial charge on any atom is 0.243 e. The van der Waals surface area contributed by atoms with E-state index < -0.39 is 0 Å². The Morgan fingerprint density at radius 1 is 1.08 bits per heavy atom. The van der Waals surface area contributed by atoms with Crippen molar-refractivity contribution in [3.63, 3.8) is 0 Å². The number of hydrogen-bond donors (Lipinski definition) is 3. The van der Waals surface area contributed by atoms with E-state index in [1.165, 1.54) is 0 Å². The van der Waals surface area contributed by atoms with E-state index in [4.69, 9.17) is 17.0 Å². The number of hydrogen-bond acceptors (Lipinski definition) is 3. The van der Waals surface area contributed by atoms with E-state index in [0.29, 0.717) is 5.11 Å². The number of thiocarbonyl (C=S) groups is 1. The van der Waals surface area contributed by atoms with Crippen LogP contribution >= 0.6 is 12.2 Å². The van der Waals surface area contributed by atoms with Gasteiger partial charge in [-0.2, -0.15) is 0 Å². The fourth-order valence-corrected chi connectivity index (χ4v) is 2.35. The van der Waals surface area contributed by atoms with E-state index in [1.807, 2.05) is 48.5 Å². The van der Waals surface area contributed by atoms with Gasteiger partial charge in [0, 0.05) is 11.4 Å². The predicted octanol–water partition coefficient (Wildman–Crippen LogP) is 3.18. The van der Waals surface area contributed by atoms with Crippen molar-refractivity contribution in [2.24, 2.45) is 0 Å². The number of anilines is 2. The van der Waals surface area contributed by atoms with E-state index in [9.17, 15) is 4.79 Å². The van der Waals surface area contributed by atoms with Gasteiger partial charge in [-0.3, -0.25) is 4.79 Å². The molecule has 0 heterocycles. The van der Waals surface area contributed by atoms with Crippen LogP contribution in [0.3, 0.4) is 0 Å². The molecule has 1 amide bonds. The first-order valence-corrected chi connectivity index (χ1v) is 8.10. The maximum absolute atomic E-state index is 12.0. The van der Waals surface area contributed by atoms with Gasteiger partial charge >= 0.3 is 0 Å². The fraction of sp³-hybridized carbons (Fsp3) is 0.222. The van der Waals surface area contributed by atoms with Gasteiger partial charge in [-0.25, -0.2) is 0 Å². The van der Waals surface area contributed by atoms with Gasteiger partial charge in [-0.15, -0.1) is 0 Å². The molecule has 24 heavy (non-hydrogen) atoms. The molecule has 0 aliphatic carbocycles. The van der Waals surface area contributed by atoms with Gasteiger partial charge in [0.2, 0.25) is 5.91 Å². The molecule has 0 spiro atoms. The second-order valence-electron chi connectivity index (χ2n) is 5.10. The lowest BCUT2D eigenvalue weighted by Crippen LogP contribution is -2.35. The molecule has 2 aromatic rings. The monoisotopic (exact) mass is 343 g/mol. The molecule has 0 aliphatic heterocycles. The smallest absolute Gasteiger partial charge is 0.243 e. The quantitative estimate of drug-likeness (QED) is 0.703. The number of carbonyl (C=O) groups is 1. The first kappa shape index (κ1) is 17.7. The molecule has 0 unspecified atom stereocenters. The van der Waals surface area contributed by atoms with Crippen LogP contribution < -0.4 is 20.7 Å². The Morgan fingerprint density at radius 2 is 1.79 bits per heavy atom. The lowest BCUT2D eigenvalue weighted by Gasteiger charge is -2.12. The van der Waals surface area contributed by atoms with Gasteiger partial charge in [-0.05, 0) is 54.5 Å². The Labute approximate surface area is 147 Å². The number of amides is 1. The summed E-state index contributed by atoms with van der Waals surface area (Å²) in [6.07, 6.45) is 0.862. The van der Waals surface area contributed by atoms with Crippen molar-refractivity contribution in [3.05, 3.63) is 54.1 Å². The molecule has 0 saturated carbocycles. The molecule has 126 valence electrons. The molecule has 0 atom stereocenters. The van der Waals surface area contributed by atoms with Crippen molar-refractivity contribution in [2.75, 3.05) is 24.3 Å². The summed E-state index contributed by atoms with van der Waals surface area (Å²) in [5.74, 6) is 0.628. The summed E-state index contributed by atoms with van der Waals surface area (Å²) in [5, 5.41) is 9.19. The third-order valence-electron chi connectivity index (χ3n) is 3.43. The van der Waals surface area contributed by atoms with Crippen molar-refractivity contribution in [1.82, 2.24) is 5.32 Å². The highest BCUT2D eigenvalue weighted by Crippen LogP contribution is 2.15. The molecule has 0 aliphatic rings. The second kappa shape index (κ2) is 8.88. The van der Waals surface area contributed by atoms with Crippen LogP contribution in [-0.4, -0.2) is 24.7 Å². The van der Waals surface area contributed by atoms with Gasteiger partial charge in [0.1, 0.15) is 5.75 Å². The normalized spacial score (nSPS) is 9.92. The number of methoxy groups -OCH3 is 1. The summed E-state index contributed by atoms with van der Waals surface area (Å²) in [6.45, 7) is 2.15. The van der Waals surface area contributed by atoms with Crippen LogP contribution in [0.5, 0.6) is 5.75 Å². The maximum atomic E-state index is 12.0. The highest BCUT2D eigenvalue weighted by atomic mass is 32.1. The Morgan fingerprint density at radius 3 is 2.46 bits per heavy atom. The number of aryl methyl sites for hydroxylation is 1. The van der Waals surface area contributed by atoms with Crippen LogP contribution in [0.25, 0.3) is 0 Å². The minimum absolute atomic E-state index is 0.0973. The summed E-state index contributed by atoms with van der Waals surface area (Å²) < 4.78 is 5.10. The van der Waals surface area contributed by atoms with E-state index in [-0.39, 0.29) is 12.5 Å². The number of rotatable bonds is 6. The predicted molar refractivity (Wildman–Crippen MR) is 102 cm³/mol. The van der Waals surface area contributed by atoms with Crippen LogP contribution in [0.1, 0.15) is 12.5 Å². The number of para-hydroxylation sites is 1. The molecule has 5 nitrogen and oxygen atoms in total. The fourth-order valence-electron chi connectivity index (χ4n) is 2.16. The third-order valence-corrected chi connectivity index (χ3v) is 3.68. The first-order valence-electron chi connectivity index (χ1n) is 7.69. The lowest BCUT2D eigenvalue weighted by atomic mass is 10.1. The summed E-state index contributed by atoms with van der Waals surface area (Å²) in [7, 11) is 1.62. The summed E-state index contributed by atoms with van der Waals surface area (Å²) >= 11 is 5.20. The summed E-state index contributed by atoms with van der Waals surface area (Å²) in [6, 6.07) is 15.1. The Bertz CT molecular complexity index is 702. The highest BCUT2D eigenvalue weighted by molar-refractivity contribution is 7.80. The molecule has 3 N–H and O–H groups in total. The van der Waals surface area contributed by atoms with Gasteiger partial charge < -0.3 is 20.7 Å². The van der Waals surface area contributed by atoms with Crippen molar-refractivity contribution in [1.29, 1.82) is 0 Å². The van der Waals surface area contributed by atoms with E-state index >= 15 is 0 Å². The Balaban J connectivity index is 1.81. The highest BCUT2D eigenvalue weighted by Gasteiger charge is 2.06. The summed E-state index contributed by atoms with van der Waals surface area (Å²) in [5.41, 5.74) is 2.76. The standard InChI is InChI=1S/C18H21N3O2S/c1-3-13-6-4-5-7-16(13)21-17(22)12-19-18(24)20-14-8-10-15(23-2)11-9-14/h4-11H,3,12H2,1-2H3,(H,21,22)(H2,19,20,24). The molecule has 0 radical (unpaired) electrons. The topological polar surface area (TPSA) is 62.4 Å². The van der Waals surface area contributed by atoms with Crippen molar-refractivity contribution in [2.45, 2.75) is 13.3 Å². The van der Waals surface area contributed by atoms with E-state index in [1.54, 1.807) is 7.11 Å². The lowest BCUT2D eigenvalue weighted by molar-refractivity contribution is -0.115. The second-order valence-corrected chi connectivity index (χ2v) is 5.50. The van der Waals surface area contributed by atoms with Gasteiger partial charge in [0.25, 0.3) is 0 Å². The molecule has 2 rings (SSSR count). The van der Waals surface area contributed by atoms with Gasteiger partial charge in [0.15, 0.2) is 5.11 Å². The molecule has 2 aromatic carbocycles. The zero-order valence-corrected chi connectivity index (χ0v) is 14.6. The number of benzene rings is 2. The Kier molecular flexibility index (Phi) is 6.57. The molecular formula is C18H21N3O2S. The van der Waals surface area contributed by atoms with Gasteiger partial charge in [0.05, 0.1) is 13.7 Å². The average Bonchev–Trinajstić information content (AvgIpc) is 2.61. The van der Waals surface area contributed by atoms with Gasteiger partial charge in [-0.1, -0.05) is 25.1 Å². The summed E-state index contributed by atoms with van der Waals surface area (Å²) in [4.78, 5) is 12.0. The van der Waals surface area contributed by atoms with Crippen LogP contribution in [0.2, 0.25) is 0 Å². The molecule has 0 bridgehead atoms. The first-order chi connectivity index (χ1) is 11.6. The number of nitrogens with one attached hydrogen (secondary N) is 3. The van der Waals surface area contributed by atoms with Crippen LogP contribution in [0, 0.1) is 0 Å². The minimum atomic E-state index is -0.144. The largest absolute Gasteiger partial charge is 0.497 e. The number of carbonyl (C=O) groups excluding carboxylic acids is 1. The molecular weight excluding hydrogens is 322 g/mol. The average molecular weight is 343 g/mol. The van der Waals surface area contributed by atoms with Crippen LogP contribution in [0.15, 0.2) is 48.5 Å².